The Morgan fingerprint density at radius 1 is 1.42 bits per heavy atom. The highest BCUT2D eigenvalue weighted by Crippen LogP contribution is 2.34. The van der Waals surface area contributed by atoms with Gasteiger partial charge in [0.2, 0.25) is 0 Å². The zero-order valence-corrected chi connectivity index (χ0v) is 12.0. The quantitative estimate of drug-likeness (QED) is 0.486. The summed E-state index contributed by atoms with van der Waals surface area (Å²) >= 11 is 4.27. The van der Waals surface area contributed by atoms with E-state index in [1.54, 1.807) is 6.07 Å². The summed E-state index contributed by atoms with van der Waals surface area (Å²) in [6.45, 7) is 0. The highest BCUT2D eigenvalue weighted by molar-refractivity contribution is 8.03. The van der Waals surface area contributed by atoms with E-state index in [0.717, 1.165) is 13.6 Å². The van der Waals surface area contributed by atoms with Gasteiger partial charge in [0, 0.05) is 11.0 Å². The van der Waals surface area contributed by atoms with Crippen molar-refractivity contribution in [2.75, 3.05) is 6.26 Å². The molecular weight excluding hydrogens is 304 g/mol. The molecule has 6 nitrogen and oxygen atoms in total. The molecule has 1 aromatic carbocycles. The maximum atomic E-state index is 10.7. The lowest BCUT2D eigenvalue weighted by molar-refractivity contribution is -0.385. The molecule has 0 amide bonds. The number of nitro groups is 1. The molecule has 2 aromatic rings. The standard InChI is InChI=1S/C10H6N4O2S3/c1-17-9-12-13-10(19-9)18-7-2-3-8(14(15)16)6(4-7)5-11/h2-4H,1H3. The topological polar surface area (TPSA) is 92.7 Å². The SMILES string of the molecule is CSc1nnc(Sc2ccc([N+](=O)[O-])c(C#N)c2)s1. The summed E-state index contributed by atoms with van der Waals surface area (Å²) in [7, 11) is 0. The lowest BCUT2D eigenvalue weighted by atomic mass is 10.2. The van der Waals surface area contributed by atoms with Gasteiger partial charge in [-0.1, -0.05) is 34.9 Å². The number of aromatic nitrogens is 2. The van der Waals surface area contributed by atoms with Gasteiger partial charge in [0.25, 0.3) is 5.69 Å². The molecule has 0 spiro atoms. The van der Waals surface area contributed by atoms with Crippen molar-refractivity contribution in [1.82, 2.24) is 10.2 Å². The third-order valence-electron chi connectivity index (χ3n) is 2.05. The summed E-state index contributed by atoms with van der Waals surface area (Å²) in [5, 5.41) is 27.6. The van der Waals surface area contributed by atoms with Gasteiger partial charge in [-0.15, -0.1) is 10.2 Å². The number of benzene rings is 1. The predicted octanol–water partition coefficient (Wildman–Crippen LogP) is 3.19. The molecule has 0 N–H and O–H groups in total. The molecule has 0 saturated heterocycles. The summed E-state index contributed by atoms with van der Waals surface area (Å²) in [4.78, 5) is 10.9. The van der Waals surface area contributed by atoms with Crippen molar-refractivity contribution in [1.29, 1.82) is 5.26 Å². The van der Waals surface area contributed by atoms with Crippen LogP contribution < -0.4 is 0 Å². The Morgan fingerprint density at radius 3 is 2.74 bits per heavy atom. The summed E-state index contributed by atoms with van der Waals surface area (Å²) in [5.41, 5.74) is -0.140. The van der Waals surface area contributed by atoms with E-state index in [1.165, 1.54) is 47.0 Å². The van der Waals surface area contributed by atoms with Gasteiger partial charge in [-0.2, -0.15) is 5.26 Å². The Labute approximate surface area is 121 Å². The van der Waals surface area contributed by atoms with Crippen molar-refractivity contribution in [3.8, 4) is 6.07 Å². The van der Waals surface area contributed by atoms with Crippen molar-refractivity contribution in [3.63, 3.8) is 0 Å². The molecule has 0 aliphatic rings. The van der Waals surface area contributed by atoms with Crippen LogP contribution in [-0.4, -0.2) is 21.4 Å². The van der Waals surface area contributed by atoms with Crippen molar-refractivity contribution in [2.45, 2.75) is 13.6 Å². The second-order valence-corrected chi connectivity index (χ2v) is 6.54. The first-order valence-electron chi connectivity index (χ1n) is 4.88. The predicted molar refractivity (Wildman–Crippen MR) is 73.6 cm³/mol. The van der Waals surface area contributed by atoms with Crippen LogP contribution >= 0.6 is 34.9 Å². The highest BCUT2D eigenvalue weighted by Gasteiger charge is 2.15. The van der Waals surface area contributed by atoms with Crippen LogP contribution in [0.5, 0.6) is 0 Å². The average molecular weight is 310 g/mol. The molecule has 0 aliphatic carbocycles. The Bertz CT molecular complexity index is 665. The molecule has 2 rings (SSSR count). The van der Waals surface area contributed by atoms with E-state index in [4.69, 9.17) is 5.26 Å². The van der Waals surface area contributed by atoms with Crippen LogP contribution in [0.1, 0.15) is 5.56 Å². The molecule has 0 bridgehead atoms. The number of nitriles is 1. The van der Waals surface area contributed by atoms with E-state index in [0.29, 0.717) is 0 Å². The minimum Gasteiger partial charge on any atom is -0.258 e. The zero-order valence-electron chi connectivity index (χ0n) is 9.56. The van der Waals surface area contributed by atoms with Crippen LogP contribution in [0.4, 0.5) is 5.69 Å². The van der Waals surface area contributed by atoms with Crippen LogP contribution in [0.2, 0.25) is 0 Å². The molecule has 19 heavy (non-hydrogen) atoms. The fraction of sp³-hybridized carbons (Fsp3) is 0.100. The molecule has 0 aliphatic heterocycles. The fourth-order valence-corrected chi connectivity index (χ4v) is 3.70. The van der Waals surface area contributed by atoms with Crippen LogP contribution in [0, 0.1) is 21.4 Å². The van der Waals surface area contributed by atoms with E-state index >= 15 is 0 Å². The second kappa shape index (κ2) is 6.01. The molecule has 0 radical (unpaired) electrons. The van der Waals surface area contributed by atoms with Gasteiger partial charge >= 0.3 is 0 Å². The largest absolute Gasteiger partial charge is 0.287 e. The molecule has 1 aromatic heterocycles. The van der Waals surface area contributed by atoms with E-state index < -0.39 is 4.92 Å². The van der Waals surface area contributed by atoms with Crippen molar-refractivity contribution in [3.05, 3.63) is 33.9 Å². The number of nitrogens with zero attached hydrogens (tertiary/aromatic N) is 4. The Morgan fingerprint density at radius 2 is 2.16 bits per heavy atom. The summed E-state index contributed by atoms with van der Waals surface area (Å²) < 4.78 is 1.59. The van der Waals surface area contributed by atoms with E-state index in [-0.39, 0.29) is 11.3 Å². The Hall–Kier alpha value is -1.63. The fourth-order valence-electron chi connectivity index (χ4n) is 1.25. The van der Waals surface area contributed by atoms with Crippen LogP contribution in [-0.2, 0) is 0 Å². The summed E-state index contributed by atoms with van der Waals surface area (Å²) in [5.74, 6) is 0. The number of rotatable bonds is 4. The third kappa shape index (κ3) is 3.23. The molecule has 0 atom stereocenters. The normalized spacial score (nSPS) is 10.1. The minimum atomic E-state index is -0.566. The van der Waals surface area contributed by atoms with Crippen molar-refractivity contribution in [2.24, 2.45) is 0 Å². The van der Waals surface area contributed by atoms with Crippen LogP contribution in [0.25, 0.3) is 0 Å². The van der Waals surface area contributed by atoms with Gasteiger partial charge in [0.1, 0.15) is 11.6 Å². The molecule has 1 heterocycles. The molecule has 9 heteroatoms. The molecule has 0 fully saturated rings. The van der Waals surface area contributed by atoms with Crippen LogP contribution in [0.3, 0.4) is 0 Å². The first-order valence-corrected chi connectivity index (χ1v) is 7.73. The molecular formula is C10H6N4O2S3. The van der Waals surface area contributed by atoms with E-state index in [2.05, 4.69) is 10.2 Å². The zero-order chi connectivity index (χ0) is 13.8. The second-order valence-electron chi connectivity index (χ2n) is 3.19. The maximum Gasteiger partial charge on any atom is 0.287 e. The average Bonchev–Trinajstić information content (AvgIpc) is 2.86. The van der Waals surface area contributed by atoms with Gasteiger partial charge in [-0.05, 0) is 18.4 Å². The monoisotopic (exact) mass is 310 g/mol. The van der Waals surface area contributed by atoms with Crippen LogP contribution in [0.15, 0.2) is 31.8 Å². The summed E-state index contributed by atoms with van der Waals surface area (Å²) in [6, 6.07) is 6.25. The summed E-state index contributed by atoms with van der Waals surface area (Å²) in [6.07, 6.45) is 1.91. The first-order chi connectivity index (χ1) is 9.13. The Kier molecular flexibility index (Phi) is 4.36. The number of thioether (sulfide) groups is 1. The van der Waals surface area contributed by atoms with Gasteiger partial charge < -0.3 is 0 Å². The van der Waals surface area contributed by atoms with Gasteiger partial charge in [-0.3, -0.25) is 10.1 Å². The smallest absolute Gasteiger partial charge is 0.258 e. The minimum absolute atomic E-state index is 0.0459. The van der Waals surface area contributed by atoms with Gasteiger partial charge in [0.05, 0.1) is 4.92 Å². The van der Waals surface area contributed by atoms with E-state index in [1.807, 2.05) is 12.3 Å². The van der Waals surface area contributed by atoms with E-state index in [9.17, 15) is 10.1 Å². The Balaban J connectivity index is 2.27. The number of nitro benzene ring substituents is 1. The lowest BCUT2D eigenvalue weighted by Crippen LogP contribution is -1.92. The lowest BCUT2D eigenvalue weighted by Gasteiger charge is -1.98. The number of hydrogen-bond acceptors (Lipinski definition) is 8. The third-order valence-corrected chi connectivity index (χ3v) is 4.99. The number of hydrogen-bond donors (Lipinski definition) is 0. The van der Waals surface area contributed by atoms with Crippen molar-refractivity contribution < 1.29 is 4.92 Å². The molecule has 0 saturated carbocycles. The molecule has 96 valence electrons. The van der Waals surface area contributed by atoms with Crippen molar-refractivity contribution >= 4 is 40.5 Å². The molecule has 0 unspecified atom stereocenters. The van der Waals surface area contributed by atoms with Gasteiger partial charge in [0.15, 0.2) is 8.68 Å². The first kappa shape index (κ1) is 13.8. The highest BCUT2D eigenvalue weighted by atomic mass is 32.2. The maximum absolute atomic E-state index is 10.7. The van der Waals surface area contributed by atoms with Gasteiger partial charge in [-0.25, -0.2) is 0 Å².